The average Bonchev–Trinajstić information content (AvgIpc) is 3.05. The molecule has 0 aromatic carbocycles. The molecule has 1 saturated heterocycles. The van der Waals surface area contributed by atoms with Gasteiger partial charge in [0.15, 0.2) is 0 Å². The lowest BCUT2D eigenvalue weighted by atomic mass is 9.67. The molecule has 0 bridgehead atoms. The molecule has 7 heteroatoms. The molecule has 0 amide bonds. The summed E-state index contributed by atoms with van der Waals surface area (Å²) in [6.45, 7) is 2.19. The molecule has 2 fully saturated rings. The van der Waals surface area contributed by atoms with E-state index in [0.717, 1.165) is 38.6 Å². The first-order chi connectivity index (χ1) is 11.1. The summed E-state index contributed by atoms with van der Waals surface area (Å²) in [6, 6.07) is 3.36. The van der Waals surface area contributed by atoms with Gasteiger partial charge in [-0.15, -0.1) is 0 Å². The summed E-state index contributed by atoms with van der Waals surface area (Å²) in [5.41, 5.74) is 0.177. The number of anilines is 1. The van der Waals surface area contributed by atoms with Gasteiger partial charge in [-0.3, -0.25) is 0 Å². The second kappa shape index (κ2) is 6.75. The molecule has 1 aliphatic heterocycles. The van der Waals surface area contributed by atoms with E-state index >= 15 is 0 Å². The third kappa shape index (κ3) is 3.51. The summed E-state index contributed by atoms with van der Waals surface area (Å²) in [7, 11) is -3.39. The van der Waals surface area contributed by atoms with E-state index in [1.54, 1.807) is 12.1 Å². The number of hydrogen-bond acceptors (Lipinski definition) is 5. The summed E-state index contributed by atoms with van der Waals surface area (Å²) in [6.07, 6.45) is 7.57. The van der Waals surface area contributed by atoms with Gasteiger partial charge in [0.1, 0.15) is 10.7 Å². The molecular weight excluding hydrogens is 314 g/mol. The predicted molar refractivity (Wildman–Crippen MR) is 88.7 cm³/mol. The van der Waals surface area contributed by atoms with Gasteiger partial charge in [-0.25, -0.2) is 13.4 Å². The monoisotopic (exact) mass is 339 g/mol. The summed E-state index contributed by atoms with van der Waals surface area (Å²) in [5.74, 6) is 0.689. The van der Waals surface area contributed by atoms with Gasteiger partial charge in [-0.1, -0.05) is 6.42 Å². The molecule has 1 aromatic heterocycles. The minimum absolute atomic E-state index is 0.177. The van der Waals surface area contributed by atoms with Crippen molar-refractivity contribution in [3.05, 3.63) is 18.3 Å². The van der Waals surface area contributed by atoms with Gasteiger partial charge in [0.2, 0.25) is 10.0 Å². The zero-order valence-corrected chi connectivity index (χ0v) is 14.2. The summed E-state index contributed by atoms with van der Waals surface area (Å²) in [5, 5.41) is 12.5. The third-order valence-corrected chi connectivity index (χ3v) is 7.02. The number of aliphatic hydroxyl groups excluding tert-OH is 1. The highest BCUT2D eigenvalue weighted by Crippen LogP contribution is 2.43. The Labute approximate surface area is 138 Å². The van der Waals surface area contributed by atoms with Crippen LogP contribution in [0.3, 0.4) is 0 Å². The van der Waals surface area contributed by atoms with Gasteiger partial charge < -0.3 is 10.4 Å². The first-order valence-corrected chi connectivity index (χ1v) is 9.81. The number of rotatable bonds is 7. The van der Waals surface area contributed by atoms with Crippen molar-refractivity contribution in [2.75, 3.05) is 31.6 Å². The lowest BCUT2D eigenvalue weighted by Crippen LogP contribution is -2.37. The molecule has 23 heavy (non-hydrogen) atoms. The molecule has 0 atom stereocenters. The van der Waals surface area contributed by atoms with Crippen LogP contribution in [0.4, 0.5) is 5.82 Å². The Hall–Kier alpha value is -1.18. The average molecular weight is 339 g/mol. The van der Waals surface area contributed by atoms with Crippen molar-refractivity contribution in [3.8, 4) is 0 Å². The van der Waals surface area contributed by atoms with Gasteiger partial charge in [0.05, 0.1) is 0 Å². The highest BCUT2D eigenvalue weighted by atomic mass is 32.2. The lowest BCUT2D eigenvalue weighted by molar-refractivity contribution is 0.102. The number of sulfonamides is 1. The molecule has 0 radical (unpaired) electrons. The number of pyridine rings is 1. The molecular formula is C16H25N3O3S. The third-order valence-electron chi connectivity index (χ3n) is 5.14. The zero-order chi connectivity index (χ0) is 16.3. The Bertz CT molecular complexity index is 620. The van der Waals surface area contributed by atoms with E-state index in [4.69, 9.17) is 0 Å². The molecule has 3 rings (SSSR count). The van der Waals surface area contributed by atoms with Crippen LogP contribution in [-0.2, 0) is 10.0 Å². The normalized spacial score (nSPS) is 21.1. The lowest BCUT2D eigenvalue weighted by Gasteiger charge is -2.42. The number of nitrogens with one attached hydrogen (secondary N) is 1. The van der Waals surface area contributed by atoms with E-state index in [1.807, 2.05) is 0 Å². The van der Waals surface area contributed by atoms with Crippen LogP contribution in [0, 0.1) is 5.41 Å². The fourth-order valence-electron chi connectivity index (χ4n) is 3.42. The Morgan fingerprint density at radius 3 is 2.48 bits per heavy atom. The van der Waals surface area contributed by atoms with E-state index in [1.165, 1.54) is 16.9 Å². The second-order valence-electron chi connectivity index (χ2n) is 6.67. The predicted octanol–water partition coefficient (Wildman–Crippen LogP) is 1.83. The molecule has 2 heterocycles. The highest BCUT2D eigenvalue weighted by molar-refractivity contribution is 7.89. The zero-order valence-electron chi connectivity index (χ0n) is 13.4. The molecule has 1 aliphatic carbocycles. The maximum absolute atomic E-state index is 12.4. The van der Waals surface area contributed by atoms with Gasteiger partial charge in [0.25, 0.3) is 0 Å². The van der Waals surface area contributed by atoms with Crippen LogP contribution in [-0.4, -0.2) is 49.1 Å². The first-order valence-electron chi connectivity index (χ1n) is 8.37. The van der Waals surface area contributed by atoms with E-state index < -0.39 is 10.0 Å². The fraction of sp³-hybridized carbons (Fsp3) is 0.688. The number of aliphatic hydroxyl groups is 1. The van der Waals surface area contributed by atoms with E-state index in [9.17, 15) is 13.5 Å². The maximum Gasteiger partial charge on any atom is 0.244 e. The van der Waals surface area contributed by atoms with Crippen LogP contribution < -0.4 is 5.32 Å². The Balaban J connectivity index is 1.63. The summed E-state index contributed by atoms with van der Waals surface area (Å²) >= 11 is 0. The number of aromatic nitrogens is 1. The molecule has 1 aromatic rings. The molecule has 1 saturated carbocycles. The minimum atomic E-state index is -3.39. The van der Waals surface area contributed by atoms with Gasteiger partial charge in [-0.05, 0) is 49.7 Å². The van der Waals surface area contributed by atoms with Gasteiger partial charge >= 0.3 is 0 Å². The Kier molecular flexibility index (Phi) is 4.89. The van der Waals surface area contributed by atoms with Crippen LogP contribution in [0.15, 0.2) is 23.2 Å². The fourth-order valence-corrected chi connectivity index (χ4v) is 4.89. The van der Waals surface area contributed by atoms with Crippen molar-refractivity contribution in [1.82, 2.24) is 9.29 Å². The van der Waals surface area contributed by atoms with E-state index in [-0.39, 0.29) is 16.9 Å². The smallest absolute Gasteiger partial charge is 0.244 e. The molecule has 0 unspecified atom stereocenters. The standard InChI is InChI=1S/C16H25N3O3S/c20-11-8-16(6-3-7-16)13-18-15-5-4-14(12-17-15)23(21,22)19-9-1-2-10-19/h4-5,12,20H,1-3,6-11,13H2,(H,17,18). The van der Waals surface area contributed by atoms with Gasteiger partial charge in [0, 0.05) is 32.4 Å². The summed E-state index contributed by atoms with van der Waals surface area (Å²) in [4.78, 5) is 4.52. The number of nitrogens with zero attached hydrogens (tertiary/aromatic N) is 2. The van der Waals surface area contributed by atoms with Crippen molar-refractivity contribution in [2.24, 2.45) is 5.41 Å². The Morgan fingerprint density at radius 1 is 1.22 bits per heavy atom. The minimum Gasteiger partial charge on any atom is -0.396 e. The second-order valence-corrected chi connectivity index (χ2v) is 8.61. The largest absolute Gasteiger partial charge is 0.396 e. The van der Waals surface area contributed by atoms with Crippen molar-refractivity contribution >= 4 is 15.8 Å². The van der Waals surface area contributed by atoms with Crippen molar-refractivity contribution in [3.63, 3.8) is 0 Å². The first kappa shape index (κ1) is 16.7. The van der Waals surface area contributed by atoms with Crippen LogP contribution in [0.25, 0.3) is 0 Å². The summed E-state index contributed by atoms with van der Waals surface area (Å²) < 4.78 is 26.4. The topological polar surface area (TPSA) is 82.5 Å². The molecule has 2 aliphatic rings. The molecule has 2 N–H and O–H groups in total. The number of hydrogen-bond donors (Lipinski definition) is 2. The maximum atomic E-state index is 12.4. The molecule has 128 valence electrons. The Morgan fingerprint density at radius 2 is 1.96 bits per heavy atom. The SMILES string of the molecule is O=S(=O)(c1ccc(NCC2(CCO)CCC2)nc1)N1CCCC1. The molecule has 6 nitrogen and oxygen atoms in total. The van der Waals surface area contributed by atoms with E-state index in [0.29, 0.717) is 18.9 Å². The van der Waals surface area contributed by atoms with Crippen LogP contribution in [0.2, 0.25) is 0 Å². The van der Waals surface area contributed by atoms with Crippen molar-refractivity contribution < 1.29 is 13.5 Å². The van der Waals surface area contributed by atoms with Crippen LogP contribution in [0.1, 0.15) is 38.5 Å². The van der Waals surface area contributed by atoms with Crippen molar-refractivity contribution in [2.45, 2.75) is 43.4 Å². The van der Waals surface area contributed by atoms with Crippen molar-refractivity contribution in [1.29, 1.82) is 0 Å². The van der Waals surface area contributed by atoms with E-state index in [2.05, 4.69) is 10.3 Å². The van der Waals surface area contributed by atoms with Crippen LogP contribution in [0.5, 0.6) is 0 Å². The quantitative estimate of drug-likeness (QED) is 0.792. The van der Waals surface area contributed by atoms with Crippen LogP contribution >= 0.6 is 0 Å². The van der Waals surface area contributed by atoms with Gasteiger partial charge in [-0.2, -0.15) is 4.31 Å². The highest BCUT2D eigenvalue weighted by Gasteiger charge is 2.36. The molecule has 0 spiro atoms.